The highest BCUT2D eigenvalue weighted by atomic mass is 127. The number of rotatable bonds is 10. The molecule has 29 heavy (non-hydrogen) atoms. The summed E-state index contributed by atoms with van der Waals surface area (Å²) in [5.41, 5.74) is 0.977. The van der Waals surface area contributed by atoms with Gasteiger partial charge in [0.25, 0.3) is 5.91 Å². The van der Waals surface area contributed by atoms with Crippen molar-refractivity contribution in [2.75, 3.05) is 6.61 Å². The summed E-state index contributed by atoms with van der Waals surface area (Å²) in [5, 5.41) is 3.01. The molecule has 0 saturated heterocycles. The number of ether oxygens (including phenoxy) is 1. The van der Waals surface area contributed by atoms with E-state index in [0.717, 1.165) is 15.6 Å². The van der Waals surface area contributed by atoms with Crippen LogP contribution < -0.4 is 10.1 Å². The van der Waals surface area contributed by atoms with Crippen molar-refractivity contribution >= 4 is 34.4 Å². The van der Waals surface area contributed by atoms with Crippen molar-refractivity contribution in [3.63, 3.8) is 0 Å². The highest BCUT2D eigenvalue weighted by Gasteiger charge is 2.29. The van der Waals surface area contributed by atoms with Crippen LogP contribution in [-0.2, 0) is 16.1 Å². The van der Waals surface area contributed by atoms with Crippen LogP contribution in [0.1, 0.15) is 39.2 Å². The molecule has 1 N–H and O–H groups in total. The summed E-state index contributed by atoms with van der Waals surface area (Å²) in [6.45, 7) is 6.16. The van der Waals surface area contributed by atoms with Crippen molar-refractivity contribution in [2.45, 2.75) is 52.2 Å². The number of carbonyl (C=O) groups excluding carboxylic acids is 2. The molecule has 0 radical (unpaired) electrons. The molecule has 2 atom stereocenters. The van der Waals surface area contributed by atoms with Gasteiger partial charge in [-0.25, -0.2) is 0 Å². The predicted molar refractivity (Wildman–Crippen MR) is 124 cm³/mol. The van der Waals surface area contributed by atoms with Gasteiger partial charge in [0.05, 0.1) is 0 Å². The zero-order valence-electron chi connectivity index (χ0n) is 17.2. The maximum Gasteiger partial charge on any atom is 0.261 e. The van der Waals surface area contributed by atoms with Crippen LogP contribution in [0.25, 0.3) is 0 Å². The Hall–Kier alpha value is -2.09. The molecular formula is C23H29IN2O3. The molecule has 0 unspecified atom stereocenters. The topological polar surface area (TPSA) is 58.6 Å². The Morgan fingerprint density at radius 3 is 2.28 bits per heavy atom. The number of hydrogen-bond donors (Lipinski definition) is 1. The first-order valence-electron chi connectivity index (χ1n) is 9.96. The zero-order valence-corrected chi connectivity index (χ0v) is 19.4. The van der Waals surface area contributed by atoms with E-state index in [-0.39, 0.29) is 24.5 Å². The summed E-state index contributed by atoms with van der Waals surface area (Å²) < 4.78 is 6.79. The van der Waals surface area contributed by atoms with Gasteiger partial charge in [-0.05, 0) is 72.2 Å². The van der Waals surface area contributed by atoms with Crippen LogP contribution in [0.15, 0.2) is 54.6 Å². The molecule has 0 aromatic heterocycles. The quantitative estimate of drug-likeness (QED) is 0.485. The highest BCUT2D eigenvalue weighted by molar-refractivity contribution is 14.1. The summed E-state index contributed by atoms with van der Waals surface area (Å²) >= 11 is 2.22. The molecule has 0 aliphatic carbocycles. The molecule has 0 bridgehead atoms. The lowest BCUT2D eigenvalue weighted by molar-refractivity contribution is -0.143. The zero-order chi connectivity index (χ0) is 21.2. The fraction of sp³-hybridized carbons (Fsp3) is 0.391. The SMILES string of the molecule is CC[C@H](C(=O)N[C@@H](C)CC)N(Cc1ccccc1)C(=O)COc1ccc(I)cc1. The summed E-state index contributed by atoms with van der Waals surface area (Å²) in [6.07, 6.45) is 1.37. The van der Waals surface area contributed by atoms with Gasteiger partial charge in [-0.1, -0.05) is 44.2 Å². The standard InChI is InChI=1S/C23H29IN2O3/c1-4-17(3)25-23(28)21(5-2)26(15-18-9-7-6-8-10-18)22(27)16-29-20-13-11-19(24)12-14-20/h6-14,17,21H,4-5,15-16H2,1-3H3,(H,25,28)/t17-,21+/m0/s1. The van der Waals surface area contributed by atoms with Gasteiger partial charge in [-0.3, -0.25) is 9.59 Å². The van der Waals surface area contributed by atoms with E-state index in [0.29, 0.717) is 18.7 Å². The van der Waals surface area contributed by atoms with Crippen LogP contribution in [-0.4, -0.2) is 35.4 Å². The van der Waals surface area contributed by atoms with Crippen LogP contribution in [0.4, 0.5) is 0 Å². The van der Waals surface area contributed by atoms with Gasteiger partial charge in [0, 0.05) is 16.2 Å². The second kappa shape index (κ2) is 11.8. The van der Waals surface area contributed by atoms with E-state index < -0.39 is 6.04 Å². The number of nitrogens with one attached hydrogen (secondary N) is 1. The fourth-order valence-corrected chi connectivity index (χ4v) is 3.26. The van der Waals surface area contributed by atoms with Crippen molar-refractivity contribution in [1.82, 2.24) is 10.2 Å². The lowest BCUT2D eigenvalue weighted by atomic mass is 10.1. The van der Waals surface area contributed by atoms with Crippen LogP contribution in [0, 0.1) is 3.57 Å². The largest absolute Gasteiger partial charge is 0.484 e. The molecule has 0 saturated carbocycles. The number of nitrogens with zero attached hydrogens (tertiary/aromatic N) is 1. The summed E-state index contributed by atoms with van der Waals surface area (Å²) in [7, 11) is 0. The summed E-state index contributed by atoms with van der Waals surface area (Å²) in [4.78, 5) is 27.5. The minimum absolute atomic E-state index is 0.0632. The number of hydrogen-bond acceptors (Lipinski definition) is 3. The van der Waals surface area contributed by atoms with Gasteiger partial charge < -0.3 is 15.0 Å². The van der Waals surface area contributed by atoms with Gasteiger partial charge in [0.1, 0.15) is 11.8 Å². The Bertz CT molecular complexity index is 780. The van der Waals surface area contributed by atoms with Crippen LogP contribution in [0.5, 0.6) is 5.75 Å². The third-order valence-corrected chi connectivity index (χ3v) is 5.48. The maximum atomic E-state index is 13.1. The Balaban J connectivity index is 2.16. The first kappa shape index (κ1) is 23.2. The van der Waals surface area contributed by atoms with Gasteiger partial charge in [0.15, 0.2) is 6.61 Å². The van der Waals surface area contributed by atoms with Crippen molar-refractivity contribution < 1.29 is 14.3 Å². The molecular weight excluding hydrogens is 479 g/mol. The van der Waals surface area contributed by atoms with Crippen molar-refractivity contribution in [2.24, 2.45) is 0 Å². The number of amides is 2. The first-order valence-corrected chi connectivity index (χ1v) is 11.0. The van der Waals surface area contributed by atoms with Crippen molar-refractivity contribution in [3.8, 4) is 5.75 Å². The summed E-state index contributed by atoms with van der Waals surface area (Å²) in [6, 6.07) is 16.8. The lowest BCUT2D eigenvalue weighted by Crippen LogP contribution is -2.51. The van der Waals surface area contributed by atoms with E-state index in [2.05, 4.69) is 27.9 Å². The van der Waals surface area contributed by atoms with Crippen LogP contribution in [0.3, 0.4) is 0 Å². The molecule has 2 rings (SSSR count). The Morgan fingerprint density at radius 1 is 1.03 bits per heavy atom. The van der Waals surface area contributed by atoms with Gasteiger partial charge in [0.2, 0.25) is 5.91 Å². The van der Waals surface area contributed by atoms with Crippen LogP contribution >= 0.6 is 22.6 Å². The Kier molecular flexibility index (Phi) is 9.44. The molecule has 2 aromatic carbocycles. The molecule has 0 fully saturated rings. The Morgan fingerprint density at radius 2 is 1.69 bits per heavy atom. The molecule has 0 spiro atoms. The van der Waals surface area contributed by atoms with Crippen molar-refractivity contribution in [1.29, 1.82) is 0 Å². The minimum Gasteiger partial charge on any atom is -0.484 e. The fourth-order valence-electron chi connectivity index (χ4n) is 2.90. The van der Waals surface area contributed by atoms with E-state index in [1.807, 2.05) is 75.4 Å². The predicted octanol–water partition coefficient (Wildman–Crippen LogP) is 4.39. The summed E-state index contributed by atoms with van der Waals surface area (Å²) in [5.74, 6) is 0.300. The first-order chi connectivity index (χ1) is 13.9. The smallest absolute Gasteiger partial charge is 0.261 e. The van der Waals surface area contributed by atoms with E-state index in [9.17, 15) is 9.59 Å². The van der Waals surface area contributed by atoms with E-state index >= 15 is 0 Å². The second-order valence-electron chi connectivity index (χ2n) is 6.99. The van der Waals surface area contributed by atoms with E-state index in [1.165, 1.54) is 0 Å². The molecule has 5 nitrogen and oxygen atoms in total. The Labute approximate surface area is 187 Å². The minimum atomic E-state index is -0.544. The number of halogens is 1. The van der Waals surface area contributed by atoms with E-state index in [1.54, 1.807) is 4.90 Å². The lowest BCUT2D eigenvalue weighted by Gasteiger charge is -2.31. The highest BCUT2D eigenvalue weighted by Crippen LogP contribution is 2.16. The second-order valence-corrected chi connectivity index (χ2v) is 8.24. The molecule has 0 aliphatic heterocycles. The molecule has 6 heteroatoms. The average Bonchev–Trinajstić information content (AvgIpc) is 2.73. The van der Waals surface area contributed by atoms with Crippen molar-refractivity contribution in [3.05, 3.63) is 63.7 Å². The van der Waals surface area contributed by atoms with E-state index in [4.69, 9.17) is 4.74 Å². The third kappa shape index (κ3) is 7.34. The third-order valence-electron chi connectivity index (χ3n) is 4.76. The number of carbonyl (C=O) groups is 2. The normalized spacial score (nSPS) is 12.7. The monoisotopic (exact) mass is 508 g/mol. The number of benzene rings is 2. The molecule has 2 amide bonds. The maximum absolute atomic E-state index is 13.1. The molecule has 0 aliphatic rings. The van der Waals surface area contributed by atoms with Gasteiger partial charge in [-0.15, -0.1) is 0 Å². The van der Waals surface area contributed by atoms with Gasteiger partial charge in [-0.2, -0.15) is 0 Å². The molecule has 156 valence electrons. The van der Waals surface area contributed by atoms with Gasteiger partial charge >= 0.3 is 0 Å². The molecule has 2 aromatic rings. The average molecular weight is 508 g/mol. The van der Waals surface area contributed by atoms with Crippen LogP contribution in [0.2, 0.25) is 0 Å². The molecule has 0 heterocycles.